The highest BCUT2D eigenvalue weighted by molar-refractivity contribution is 6.02. The van der Waals surface area contributed by atoms with Crippen molar-refractivity contribution in [3.8, 4) is 5.75 Å². The summed E-state index contributed by atoms with van der Waals surface area (Å²) in [7, 11) is 0. The Balaban J connectivity index is 1.28. The number of aromatic nitrogens is 3. The number of rotatable bonds is 10. The summed E-state index contributed by atoms with van der Waals surface area (Å²) in [6, 6.07) is 12.8. The second-order valence-electron chi connectivity index (χ2n) is 11.5. The van der Waals surface area contributed by atoms with E-state index in [0.717, 1.165) is 5.52 Å². The lowest BCUT2D eigenvalue weighted by Gasteiger charge is -2.38. The molecule has 3 aliphatic heterocycles. The second kappa shape index (κ2) is 11.0. The van der Waals surface area contributed by atoms with Crippen LogP contribution in [-0.4, -0.2) is 79.7 Å². The first-order valence-corrected chi connectivity index (χ1v) is 14.5. The molecule has 12 nitrogen and oxygen atoms in total. The normalized spacial score (nSPS) is 27.0. The van der Waals surface area contributed by atoms with Gasteiger partial charge in [-0.05, 0) is 62.1 Å². The number of ether oxygens (including phenoxy) is 2. The Morgan fingerprint density at radius 1 is 1.17 bits per heavy atom. The molecular formula is C30H36N6O6. The third-order valence-corrected chi connectivity index (χ3v) is 8.86. The summed E-state index contributed by atoms with van der Waals surface area (Å²) in [4.78, 5) is 43.4. The zero-order valence-corrected chi connectivity index (χ0v) is 23.9. The fourth-order valence-electron chi connectivity index (χ4n) is 6.98. The summed E-state index contributed by atoms with van der Waals surface area (Å²) in [5, 5.41) is 24.5. The predicted molar refractivity (Wildman–Crippen MR) is 152 cm³/mol. The standard InChI is InChI=1S/C30H36N6O6/c1-4-41-19-11-9-18(10-12-19)32-27(38)24-23-13-14-30(42-23)25(24)29(40)36(22(15-37)17(2)3)26(30)28(39)31-16-35-21-8-6-5-7-20(21)33-34-35/h5-12,17,22-26,37H,4,13-16H2,1-3H3,(H,31,39)(H,32,38)/t22-,23-,24+,25-,26?,30?/m0/s1. The number of anilines is 1. The number of carbonyl (C=O) groups is 3. The van der Waals surface area contributed by atoms with E-state index in [1.807, 2.05) is 45.0 Å². The van der Waals surface area contributed by atoms with Gasteiger partial charge in [0.15, 0.2) is 0 Å². The molecule has 3 fully saturated rings. The SMILES string of the molecule is CCOc1ccc(NC(=O)[C@@H]2[C@@H]3CCC4(O3)C(C(=O)NCn3nnc5ccccc53)N([C@@H](CO)C(C)C)C(=O)[C@H]24)cc1. The quantitative estimate of drug-likeness (QED) is 0.332. The second-order valence-corrected chi connectivity index (χ2v) is 11.5. The van der Waals surface area contributed by atoms with Gasteiger partial charge in [0.1, 0.15) is 29.6 Å². The lowest BCUT2D eigenvalue weighted by atomic mass is 9.70. The van der Waals surface area contributed by atoms with Gasteiger partial charge in [0.05, 0.1) is 42.7 Å². The van der Waals surface area contributed by atoms with Crippen LogP contribution >= 0.6 is 0 Å². The van der Waals surface area contributed by atoms with Crippen molar-refractivity contribution in [1.29, 1.82) is 0 Å². The summed E-state index contributed by atoms with van der Waals surface area (Å²) in [5.74, 6) is -2.17. The minimum Gasteiger partial charge on any atom is -0.494 e. The number of aliphatic hydroxyl groups excluding tert-OH is 1. The largest absolute Gasteiger partial charge is 0.494 e. The molecule has 3 amide bonds. The molecule has 42 heavy (non-hydrogen) atoms. The zero-order valence-electron chi connectivity index (χ0n) is 23.9. The van der Waals surface area contributed by atoms with Crippen LogP contribution in [0.1, 0.15) is 33.6 Å². The molecular weight excluding hydrogens is 540 g/mol. The average Bonchev–Trinajstić information content (AvgIpc) is 3.73. The van der Waals surface area contributed by atoms with Gasteiger partial charge in [-0.3, -0.25) is 14.4 Å². The molecule has 12 heteroatoms. The summed E-state index contributed by atoms with van der Waals surface area (Å²) in [6.45, 7) is 5.93. The van der Waals surface area contributed by atoms with Gasteiger partial charge in [-0.2, -0.15) is 0 Å². The zero-order chi connectivity index (χ0) is 29.6. The van der Waals surface area contributed by atoms with E-state index >= 15 is 0 Å². The van der Waals surface area contributed by atoms with Gasteiger partial charge >= 0.3 is 0 Å². The van der Waals surface area contributed by atoms with Crippen LogP contribution in [0, 0.1) is 17.8 Å². The summed E-state index contributed by atoms with van der Waals surface area (Å²) < 4.78 is 13.6. The van der Waals surface area contributed by atoms with Crippen molar-refractivity contribution >= 4 is 34.4 Å². The maximum absolute atomic E-state index is 14.2. The Kier molecular flexibility index (Phi) is 7.36. The van der Waals surface area contributed by atoms with Gasteiger partial charge in [-0.1, -0.05) is 31.2 Å². The van der Waals surface area contributed by atoms with E-state index in [4.69, 9.17) is 9.47 Å². The van der Waals surface area contributed by atoms with E-state index in [9.17, 15) is 19.5 Å². The van der Waals surface area contributed by atoms with Gasteiger partial charge in [0, 0.05) is 5.69 Å². The van der Waals surface area contributed by atoms with Crippen LogP contribution in [0.3, 0.4) is 0 Å². The molecule has 4 heterocycles. The van der Waals surface area contributed by atoms with Crippen LogP contribution in [0.4, 0.5) is 5.69 Å². The molecule has 2 aromatic carbocycles. The first kappa shape index (κ1) is 28.1. The summed E-state index contributed by atoms with van der Waals surface area (Å²) in [5.41, 5.74) is 0.849. The third kappa shape index (κ3) is 4.49. The Morgan fingerprint density at radius 2 is 1.93 bits per heavy atom. The van der Waals surface area contributed by atoms with Gasteiger partial charge in [0.2, 0.25) is 17.7 Å². The fourth-order valence-corrected chi connectivity index (χ4v) is 6.98. The molecule has 0 saturated carbocycles. The number of amides is 3. The number of nitrogens with zero attached hydrogens (tertiary/aromatic N) is 4. The van der Waals surface area contributed by atoms with Crippen molar-refractivity contribution < 1.29 is 29.0 Å². The van der Waals surface area contributed by atoms with Crippen molar-refractivity contribution in [3.05, 3.63) is 48.5 Å². The number of nitrogens with one attached hydrogen (secondary N) is 2. The molecule has 6 atom stereocenters. The van der Waals surface area contributed by atoms with Crippen molar-refractivity contribution in [2.45, 2.75) is 64.1 Å². The highest BCUT2D eigenvalue weighted by Crippen LogP contribution is 2.59. The number of aliphatic hydroxyl groups is 1. The molecule has 1 spiro atoms. The minimum atomic E-state index is -1.18. The van der Waals surface area contributed by atoms with Crippen LogP contribution in [0.2, 0.25) is 0 Å². The van der Waals surface area contributed by atoms with Crippen molar-refractivity contribution in [1.82, 2.24) is 25.2 Å². The molecule has 2 unspecified atom stereocenters. The molecule has 3 aromatic rings. The van der Waals surface area contributed by atoms with Crippen molar-refractivity contribution in [2.24, 2.45) is 17.8 Å². The molecule has 222 valence electrons. The number of benzene rings is 2. The number of hydrogen-bond donors (Lipinski definition) is 3. The topological polar surface area (TPSA) is 148 Å². The van der Waals surface area contributed by atoms with Crippen LogP contribution < -0.4 is 15.4 Å². The first-order chi connectivity index (χ1) is 20.3. The molecule has 6 rings (SSSR count). The molecule has 3 aliphatic rings. The maximum atomic E-state index is 14.2. The summed E-state index contributed by atoms with van der Waals surface area (Å²) >= 11 is 0. The monoisotopic (exact) mass is 576 g/mol. The smallest absolute Gasteiger partial charge is 0.247 e. The summed E-state index contributed by atoms with van der Waals surface area (Å²) in [6.07, 6.45) is 0.505. The number of likely N-dealkylation sites (tertiary alicyclic amines) is 1. The first-order valence-electron chi connectivity index (χ1n) is 14.5. The fraction of sp³-hybridized carbons (Fsp3) is 0.500. The van der Waals surface area contributed by atoms with E-state index in [-0.39, 0.29) is 31.0 Å². The average molecular weight is 577 g/mol. The number of fused-ring (bicyclic) bond motifs is 2. The highest BCUT2D eigenvalue weighted by Gasteiger charge is 2.75. The lowest BCUT2D eigenvalue weighted by Crippen LogP contribution is -2.59. The maximum Gasteiger partial charge on any atom is 0.247 e. The van der Waals surface area contributed by atoms with E-state index in [0.29, 0.717) is 36.4 Å². The number of hydrogen-bond acceptors (Lipinski definition) is 8. The molecule has 0 aliphatic carbocycles. The Morgan fingerprint density at radius 3 is 2.64 bits per heavy atom. The molecule has 1 aromatic heterocycles. The molecule has 2 bridgehead atoms. The van der Waals surface area contributed by atoms with E-state index in [1.54, 1.807) is 28.9 Å². The predicted octanol–water partition coefficient (Wildman–Crippen LogP) is 1.93. The van der Waals surface area contributed by atoms with E-state index in [1.165, 1.54) is 4.90 Å². The van der Waals surface area contributed by atoms with Crippen LogP contribution in [0.5, 0.6) is 5.75 Å². The van der Waals surface area contributed by atoms with Crippen molar-refractivity contribution in [2.75, 3.05) is 18.5 Å². The van der Waals surface area contributed by atoms with Crippen molar-refractivity contribution in [3.63, 3.8) is 0 Å². The van der Waals surface area contributed by atoms with Gasteiger partial charge in [0.25, 0.3) is 0 Å². The Labute approximate surface area is 243 Å². The highest BCUT2D eigenvalue weighted by atomic mass is 16.5. The minimum absolute atomic E-state index is 0.0369. The lowest BCUT2D eigenvalue weighted by molar-refractivity contribution is -0.146. The van der Waals surface area contributed by atoms with Crippen LogP contribution in [0.15, 0.2) is 48.5 Å². The number of carbonyl (C=O) groups excluding carboxylic acids is 3. The number of para-hydroxylation sites is 1. The molecule has 3 saturated heterocycles. The Bertz CT molecular complexity index is 1490. The third-order valence-electron chi connectivity index (χ3n) is 8.86. The Hall–Kier alpha value is -4.03. The van der Waals surface area contributed by atoms with E-state index in [2.05, 4.69) is 20.9 Å². The van der Waals surface area contributed by atoms with Gasteiger partial charge in [-0.15, -0.1) is 5.10 Å². The van der Waals surface area contributed by atoms with Crippen LogP contribution in [0.25, 0.3) is 11.0 Å². The molecule has 0 radical (unpaired) electrons. The van der Waals surface area contributed by atoms with Gasteiger partial charge < -0.3 is 30.1 Å². The van der Waals surface area contributed by atoms with Gasteiger partial charge in [-0.25, -0.2) is 4.68 Å². The molecule has 3 N–H and O–H groups in total. The van der Waals surface area contributed by atoms with Crippen LogP contribution in [-0.2, 0) is 25.8 Å². The van der Waals surface area contributed by atoms with E-state index < -0.39 is 41.5 Å².